The zero-order valence-electron chi connectivity index (χ0n) is 3.09. The third kappa shape index (κ3) is 8.87. The normalized spacial score (nSPS) is 11.1. The molecule has 0 fully saturated rings. The molecule has 0 aliphatic carbocycles. The van der Waals surface area contributed by atoms with Crippen LogP contribution in [0.5, 0.6) is 0 Å². The third-order valence-electron chi connectivity index (χ3n) is 0.146. The molecule has 0 N–H and O–H groups in total. The Morgan fingerprint density at radius 1 is 0.857 bits per heavy atom. The van der Waals surface area contributed by atoms with Crippen LogP contribution in [0, 0.1) is 0 Å². The topological polar surface area (TPSA) is 0 Å². The van der Waals surface area contributed by atoms with Gasteiger partial charge < -0.3 is 0 Å². The molecular formula is H4As2S5. The Kier molecular flexibility index (Phi) is 7.95. The molecule has 0 atom stereocenters. The van der Waals surface area contributed by atoms with Crippen molar-refractivity contribution in [3.05, 3.63) is 0 Å². The van der Waals surface area contributed by atoms with Crippen molar-refractivity contribution in [3.8, 4) is 0 Å². The molecule has 0 radical (unpaired) electrons. The summed E-state index contributed by atoms with van der Waals surface area (Å²) in [6.45, 7) is 0. The number of hydrogen-bond donors (Lipinski definition) is 4. The van der Waals surface area contributed by atoms with Crippen molar-refractivity contribution in [2.24, 2.45) is 0 Å². The summed E-state index contributed by atoms with van der Waals surface area (Å²) >= 11 is -2.13. The molecule has 0 heterocycles. The third-order valence-corrected chi connectivity index (χ3v) is 35.5. The first kappa shape index (κ1) is 9.87. The van der Waals surface area contributed by atoms with Crippen molar-refractivity contribution >= 4 is 74.2 Å². The summed E-state index contributed by atoms with van der Waals surface area (Å²) in [7, 11) is 18.4. The fourth-order valence-corrected chi connectivity index (χ4v) is 47.6. The van der Waals surface area contributed by atoms with Crippen molar-refractivity contribution in [3.63, 3.8) is 0 Å². The standard InChI is InChI=1S/As2H4S5/c3-1(4)7-2(5)6/h3-6H. The average molecular weight is 314 g/mol. The molecular weight excluding hydrogens is 310 g/mol. The second-order valence-corrected chi connectivity index (χ2v) is 30.3. The van der Waals surface area contributed by atoms with Crippen LogP contribution in [0.15, 0.2) is 0 Å². The Bertz CT molecular complexity index is 35.3. The van der Waals surface area contributed by atoms with Crippen LogP contribution in [-0.4, -0.2) is 22.4 Å². The van der Waals surface area contributed by atoms with Gasteiger partial charge in [-0.2, -0.15) is 0 Å². The summed E-state index contributed by atoms with van der Waals surface area (Å²) in [5.74, 6) is 0. The predicted octanol–water partition coefficient (Wildman–Crippen LogP) is 1.41. The van der Waals surface area contributed by atoms with Crippen LogP contribution in [0.1, 0.15) is 0 Å². The van der Waals surface area contributed by atoms with Crippen LogP contribution in [0.2, 0.25) is 0 Å². The predicted molar refractivity (Wildman–Crippen MR) is 55.0 cm³/mol. The first-order valence-electron chi connectivity index (χ1n) is 1.17. The molecule has 0 rings (SSSR count). The van der Waals surface area contributed by atoms with Crippen LogP contribution >= 0.6 is 51.9 Å². The first-order valence-corrected chi connectivity index (χ1v) is 18.2. The zero-order chi connectivity index (χ0) is 5.86. The minimum atomic E-state index is -1.07. The van der Waals surface area contributed by atoms with Crippen LogP contribution in [0.3, 0.4) is 0 Å². The summed E-state index contributed by atoms with van der Waals surface area (Å²) in [4.78, 5) is 0. The first-order chi connectivity index (χ1) is 3.13. The molecule has 0 amide bonds. The molecule has 0 aliphatic rings. The van der Waals surface area contributed by atoms with Crippen LogP contribution < -0.4 is 0 Å². The molecule has 0 aromatic carbocycles. The molecule has 0 nitrogen and oxygen atoms in total. The number of rotatable bonds is 2. The molecule has 0 aromatic heterocycles. The van der Waals surface area contributed by atoms with Crippen LogP contribution in [0.4, 0.5) is 0 Å². The van der Waals surface area contributed by atoms with Gasteiger partial charge >= 0.3 is 74.2 Å². The molecule has 0 spiro atoms. The van der Waals surface area contributed by atoms with Crippen molar-refractivity contribution < 1.29 is 0 Å². The maximum absolute atomic E-state index is 4.15. The van der Waals surface area contributed by atoms with Gasteiger partial charge in [-0.1, -0.05) is 0 Å². The second-order valence-electron chi connectivity index (χ2n) is 0.587. The van der Waals surface area contributed by atoms with Gasteiger partial charge in [0.2, 0.25) is 0 Å². The van der Waals surface area contributed by atoms with Gasteiger partial charge in [-0.25, -0.2) is 0 Å². The SMILES string of the molecule is S[As](S)S[As](S)S. The molecule has 7 heteroatoms. The van der Waals surface area contributed by atoms with Gasteiger partial charge in [-0.05, 0) is 0 Å². The summed E-state index contributed by atoms with van der Waals surface area (Å²) in [5, 5.41) is 0. The van der Waals surface area contributed by atoms with Gasteiger partial charge in [-0.3, -0.25) is 0 Å². The van der Waals surface area contributed by atoms with E-state index in [1.165, 1.54) is 0 Å². The van der Waals surface area contributed by atoms with Crippen molar-refractivity contribution in [1.29, 1.82) is 0 Å². The van der Waals surface area contributed by atoms with E-state index in [1.54, 1.807) is 8.29 Å². The van der Waals surface area contributed by atoms with E-state index in [-0.39, 0.29) is 0 Å². The van der Waals surface area contributed by atoms with E-state index >= 15 is 0 Å². The molecule has 0 bridgehead atoms. The summed E-state index contributed by atoms with van der Waals surface area (Å²) in [6.07, 6.45) is 0. The molecule has 7 heavy (non-hydrogen) atoms. The monoisotopic (exact) mass is 314 g/mol. The second kappa shape index (κ2) is 5.64. The van der Waals surface area contributed by atoms with Gasteiger partial charge in [0.1, 0.15) is 0 Å². The molecule has 0 saturated heterocycles. The van der Waals surface area contributed by atoms with Gasteiger partial charge in [0.05, 0.1) is 0 Å². The van der Waals surface area contributed by atoms with E-state index in [1.807, 2.05) is 0 Å². The number of hydrogen-bond acceptors (Lipinski definition) is 5. The number of thiol groups is 4. The molecule has 0 saturated carbocycles. The Labute approximate surface area is 73.0 Å². The fourth-order valence-electron chi connectivity index (χ4n) is 0.0653. The van der Waals surface area contributed by atoms with E-state index in [9.17, 15) is 0 Å². The van der Waals surface area contributed by atoms with E-state index in [0.717, 1.165) is 0 Å². The quantitative estimate of drug-likeness (QED) is 0.442. The van der Waals surface area contributed by atoms with Crippen LogP contribution in [-0.2, 0) is 0 Å². The Morgan fingerprint density at radius 2 is 1.14 bits per heavy atom. The van der Waals surface area contributed by atoms with E-state index < -0.39 is 22.4 Å². The van der Waals surface area contributed by atoms with E-state index in [4.69, 9.17) is 0 Å². The molecule has 0 unspecified atom stereocenters. The van der Waals surface area contributed by atoms with Crippen LogP contribution in [0.25, 0.3) is 0 Å². The Hall–Kier alpha value is 2.87. The van der Waals surface area contributed by atoms with E-state index in [2.05, 4.69) is 43.6 Å². The summed E-state index contributed by atoms with van der Waals surface area (Å²) < 4.78 is 0. The Balaban J connectivity index is 2.95. The van der Waals surface area contributed by atoms with Gasteiger partial charge in [-0.15, -0.1) is 0 Å². The van der Waals surface area contributed by atoms with Crippen molar-refractivity contribution in [1.82, 2.24) is 0 Å². The Morgan fingerprint density at radius 3 is 1.14 bits per heavy atom. The van der Waals surface area contributed by atoms with Crippen molar-refractivity contribution in [2.75, 3.05) is 0 Å². The molecule has 44 valence electrons. The zero-order valence-corrected chi connectivity index (χ0v) is 11.2. The molecule has 0 aliphatic heterocycles. The minimum absolute atomic E-state index is 1.07. The van der Waals surface area contributed by atoms with Crippen molar-refractivity contribution in [2.45, 2.75) is 0 Å². The fraction of sp³-hybridized carbons (Fsp3) is 0. The van der Waals surface area contributed by atoms with Gasteiger partial charge in [0.25, 0.3) is 0 Å². The summed E-state index contributed by atoms with van der Waals surface area (Å²) in [5.41, 5.74) is 0. The van der Waals surface area contributed by atoms with Gasteiger partial charge in [0.15, 0.2) is 0 Å². The summed E-state index contributed by atoms with van der Waals surface area (Å²) in [6, 6.07) is 0. The van der Waals surface area contributed by atoms with E-state index in [0.29, 0.717) is 0 Å². The van der Waals surface area contributed by atoms with Gasteiger partial charge in [0, 0.05) is 0 Å². The average Bonchev–Trinajstić information content (AvgIpc) is 1.27. The maximum atomic E-state index is 4.15. The molecule has 0 aromatic rings.